The molecule has 1 aliphatic heterocycles. The summed E-state index contributed by atoms with van der Waals surface area (Å²) in [7, 11) is 0. The maximum atomic E-state index is 12.2. The van der Waals surface area contributed by atoms with E-state index in [0.29, 0.717) is 31.6 Å². The van der Waals surface area contributed by atoms with Crippen molar-refractivity contribution in [2.45, 2.75) is 51.6 Å². The smallest absolute Gasteiger partial charge is 0.239 e. The molecule has 1 saturated carbocycles. The number of hydrogen-bond acceptors (Lipinski definition) is 4. The summed E-state index contributed by atoms with van der Waals surface area (Å²) in [4.78, 5) is 27.9. The molecule has 6 heteroatoms. The van der Waals surface area contributed by atoms with Gasteiger partial charge in [0.05, 0.1) is 12.6 Å². The van der Waals surface area contributed by atoms with E-state index in [-0.39, 0.29) is 11.8 Å². The van der Waals surface area contributed by atoms with Gasteiger partial charge in [0, 0.05) is 32.2 Å². The van der Waals surface area contributed by atoms with E-state index in [1.165, 1.54) is 12.8 Å². The van der Waals surface area contributed by atoms with Crippen LogP contribution in [0.5, 0.6) is 0 Å². The summed E-state index contributed by atoms with van der Waals surface area (Å²) in [6, 6.07) is -0.0969. The molecule has 0 bridgehead atoms. The standard InChI is InChI=1S/C16H30N4O2/c1-12-4-3-5-14(10-12)18-15(21)11-19-6-8-20(9-7-19)16(22)13(2)17/h12-14H,3-11,17H2,1-2H3,(H,18,21)/t12?,13-,14?/m1/s1. The van der Waals surface area contributed by atoms with Crippen LogP contribution in [0.4, 0.5) is 0 Å². The second kappa shape index (κ2) is 7.92. The van der Waals surface area contributed by atoms with Crippen LogP contribution < -0.4 is 11.1 Å². The summed E-state index contributed by atoms with van der Waals surface area (Å²) < 4.78 is 0. The quantitative estimate of drug-likeness (QED) is 0.776. The highest BCUT2D eigenvalue weighted by atomic mass is 16.2. The third kappa shape index (κ3) is 4.95. The molecule has 1 saturated heterocycles. The zero-order chi connectivity index (χ0) is 16.1. The third-order valence-electron chi connectivity index (χ3n) is 4.74. The second-order valence-electron chi connectivity index (χ2n) is 6.93. The molecule has 6 nitrogen and oxygen atoms in total. The van der Waals surface area contributed by atoms with Crippen molar-refractivity contribution in [3.05, 3.63) is 0 Å². The molecule has 2 amide bonds. The summed E-state index contributed by atoms with van der Waals surface area (Å²) >= 11 is 0. The van der Waals surface area contributed by atoms with E-state index in [0.717, 1.165) is 25.9 Å². The van der Waals surface area contributed by atoms with Crippen molar-refractivity contribution >= 4 is 11.8 Å². The zero-order valence-corrected chi connectivity index (χ0v) is 13.9. The monoisotopic (exact) mass is 310 g/mol. The van der Waals surface area contributed by atoms with E-state index in [2.05, 4.69) is 17.1 Å². The lowest BCUT2D eigenvalue weighted by molar-refractivity contribution is -0.134. The van der Waals surface area contributed by atoms with E-state index in [9.17, 15) is 9.59 Å². The molecule has 22 heavy (non-hydrogen) atoms. The molecule has 2 aliphatic rings. The molecular formula is C16H30N4O2. The molecule has 126 valence electrons. The summed E-state index contributed by atoms with van der Waals surface area (Å²) in [6.45, 7) is 7.22. The Morgan fingerprint density at radius 2 is 1.91 bits per heavy atom. The number of carbonyl (C=O) groups excluding carboxylic acids is 2. The van der Waals surface area contributed by atoms with Crippen LogP contribution in [-0.2, 0) is 9.59 Å². The number of nitrogens with one attached hydrogen (secondary N) is 1. The first-order valence-electron chi connectivity index (χ1n) is 8.51. The summed E-state index contributed by atoms with van der Waals surface area (Å²) in [5.41, 5.74) is 5.63. The van der Waals surface area contributed by atoms with Crippen molar-refractivity contribution in [2.24, 2.45) is 11.7 Å². The molecule has 2 fully saturated rings. The predicted octanol–water partition coefficient (Wildman–Crippen LogP) is 0.173. The van der Waals surface area contributed by atoms with E-state index in [4.69, 9.17) is 5.73 Å². The molecule has 2 unspecified atom stereocenters. The minimum atomic E-state index is -0.442. The lowest BCUT2D eigenvalue weighted by Crippen LogP contribution is -2.54. The number of rotatable bonds is 4. The van der Waals surface area contributed by atoms with Crippen LogP contribution in [0.25, 0.3) is 0 Å². The highest BCUT2D eigenvalue weighted by molar-refractivity contribution is 5.81. The fourth-order valence-corrected chi connectivity index (χ4v) is 3.46. The van der Waals surface area contributed by atoms with Gasteiger partial charge in [0.15, 0.2) is 0 Å². The van der Waals surface area contributed by atoms with Crippen LogP contribution in [0, 0.1) is 5.92 Å². The van der Waals surface area contributed by atoms with Gasteiger partial charge in [-0.1, -0.05) is 19.8 Å². The summed E-state index contributed by atoms with van der Waals surface area (Å²) in [5.74, 6) is 0.832. The second-order valence-corrected chi connectivity index (χ2v) is 6.93. The van der Waals surface area contributed by atoms with Gasteiger partial charge < -0.3 is 16.0 Å². The molecule has 3 N–H and O–H groups in total. The Kier molecular flexibility index (Phi) is 6.20. The third-order valence-corrected chi connectivity index (χ3v) is 4.74. The van der Waals surface area contributed by atoms with Crippen LogP contribution in [0.3, 0.4) is 0 Å². The number of nitrogens with zero attached hydrogens (tertiary/aromatic N) is 2. The van der Waals surface area contributed by atoms with Crippen LogP contribution in [0.15, 0.2) is 0 Å². The number of carbonyl (C=O) groups is 2. The van der Waals surface area contributed by atoms with Crippen molar-refractivity contribution in [2.75, 3.05) is 32.7 Å². The Hall–Kier alpha value is -1.14. The molecule has 1 heterocycles. The number of hydrogen-bond donors (Lipinski definition) is 2. The molecule has 0 aromatic rings. The molecule has 0 aromatic carbocycles. The first-order chi connectivity index (χ1) is 10.5. The van der Waals surface area contributed by atoms with E-state index >= 15 is 0 Å². The maximum absolute atomic E-state index is 12.2. The van der Waals surface area contributed by atoms with Gasteiger partial charge in [-0.15, -0.1) is 0 Å². The first kappa shape index (κ1) is 17.2. The van der Waals surface area contributed by atoms with Crippen molar-refractivity contribution < 1.29 is 9.59 Å². The van der Waals surface area contributed by atoms with Crippen LogP contribution in [0.1, 0.15) is 39.5 Å². The van der Waals surface area contributed by atoms with E-state index in [1.54, 1.807) is 11.8 Å². The maximum Gasteiger partial charge on any atom is 0.239 e. The molecule has 0 spiro atoms. The molecule has 0 aromatic heterocycles. The predicted molar refractivity (Wildman–Crippen MR) is 86.2 cm³/mol. The highest BCUT2D eigenvalue weighted by Crippen LogP contribution is 2.23. The zero-order valence-electron chi connectivity index (χ0n) is 13.9. The molecule has 0 radical (unpaired) electrons. The largest absolute Gasteiger partial charge is 0.352 e. The SMILES string of the molecule is CC1CCCC(NC(=O)CN2CCN(C(=O)[C@@H](C)N)CC2)C1. The van der Waals surface area contributed by atoms with Crippen LogP contribution >= 0.6 is 0 Å². The average Bonchev–Trinajstić information content (AvgIpc) is 2.47. The Bertz CT molecular complexity index is 392. The van der Waals surface area contributed by atoms with E-state index in [1.807, 2.05) is 0 Å². The number of nitrogens with two attached hydrogens (primary N) is 1. The topological polar surface area (TPSA) is 78.7 Å². The van der Waals surface area contributed by atoms with Gasteiger partial charge in [-0.2, -0.15) is 0 Å². The van der Waals surface area contributed by atoms with Gasteiger partial charge in [0.25, 0.3) is 0 Å². The Labute approximate surface area is 133 Å². The van der Waals surface area contributed by atoms with Crippen molar-refractivity contribution in [1.82, 2.24) is 15.1 Å². The summed E-state index contributed by atoms with van der Waals surface area (Å²) in [5, 5.41) is 3.17. The fraction of sp³-hybridized carbons (Fsp3) is 0.875. The molecule has 2 rings (SSSR count). The van der Waals surface area contributed by atoms with Gasteiger partial charge in [-0.25, -0.2) is 0 Å². The van der Waals surface area contributed by atoms with Gasteiger partial charge >= 0.3 is 0 Å². The normalized spacial score (nSPS) is 28.2. The fourth-order valence-electron chi connectivity index (χ4n) is 3.46. The minimum Gasteiger partial charge on any atom is -0.352 e. The Balaban J connectivity index is 1.69. The van der Waals surface area contributed by atoms with Crippen molar-refractivity contribution in [3.63, 3.8) is 0 Å². The van der Waals surface area contributed by atoms with Crippen molar-refractivity contribution in [3.8, 4) is 0 Å². The molecule has 3 atom stereocenters. The molecule has 1 aliphatic carbocycles. The van der Waals surface area contributed by atoms with Gasteiger partial charge in [-0.3, -0.25) is 14.5 Å². The van der Waals surface area contributed by atoms with Crippen LogP contribution in [0.2, 0.25) is 0 Å². The Morgan fingerprint density at radius 3 is 2.50 bits per heavy atom. The van der Waals surface area contributed by atoms with E-state index < -0.39 is 6.04 Å². The van der Waals surface area contributed by atoms with Crippen molar-refractivity contribution in [1.29, 1.82) is 0 Å². The summed E-state index contributed by atoms with van der Waals surface area (Å²) in [6.07, 6.45) is 4.70. The number of piperazine rings is 1. The number of amides is 2. The highest BCUT2D eigenvalue weighted by Gasteiger charge is 2.25. The lowest BCUT2D eigenvalue weighted by Gasteiger charge is -2.35. The first-order valence-corrected chi connectivity index (χ1v) is 8.51. The molecular weight excluding hydrogens is 280 g/mol. The average molecular weight is 310 g/mol. The Morgan fingerprint density at radius 1 is 1.23 bits per heavy atom. The van der Waals surface area contributed by atoms with Gasteiger partial charge in [-0.05, 0) is 25.7 Å². The van der Waals surface area contributed by atoms with Gasteiger partial charge in [0.2, 0.25) is 11.8 Å². The van der Waals surface area contributed by atoms with Crippen LogP contribution in [-0.4, -0.2) is 66.4 Å². The lowest BCUT2D eigenvalue weighted by atomic mass is 9.87. The van der Waals surface area contributed by atoms with Gasteiger partial charge in [0.1, 0.15) is 0 Å². The minimum absolute atomic E-state index is 0.000273.